The highest BCUT2D eigenvalue weighted by molar-refractivity contribution is 5.90. The Balaban J connectivity index is 1.73. The Bertz CT molecular complexity index is 386. The molecule has 0 aromatic carbocycles. The number of carbonyl (C=O) groups is 1. The summed E-state index contributed by atoms with van der Waals surface area (Å²) in [5.74, 6) is 0.444. The van der Waals surface area contributed by atoms with Gasteiger partial charge in [0.25, 0.3) is 0 Å². The van der Waals surface area contributed by atoms with Crippen molar-refractivity contribution in [3.8, 4) is 0 Å². The maximum atomic E-state index is 11.7. The minimum atomic E-state index is -0.00394. The molecule has 5 heteroatoms. The molecular weight excluding hydrogens is 230 g/mol. The number of hydrogen-bond donors (Lipinski definition) is 2. The van der Waals surface area contributed by atoms with Crippen molar-refractivity contribution < 1.29 is 9.53 Å². The largest absolute Gasteiger partial charge is 0.384 e. The lowest BCUT2D eigenvalue weighted by Crippen LogP contribution is -2.21. The van der Waals surface area contributed by atoms with Crippen molar-refractivity contribution >= 4 is 17.4 Å². The first-order valence-corrected chi connectivity index (χ1v) is 6.37. The summed E-state index contributed by atoms with van der Waals surface area (Å²) in [4.78, 5) is 15.6. The predicted molar refractivity (Wildman–Crippen MR) is 70.1 cm³/mol. The van der Waals surface area contributed by atoms with Crippen LogP contribution in [0.1, 0.15) is 32.1 Å². The number of pyridine rings is 1. The number of aromatic nitrogens is 1. The molecule has 1 unspecified atom stereocenters. The molecule has 1 amide bonds. The van der Waals surface area contributed by atoms with Crippen LogP contribution < -0.4 is 11.1 Å². The molecule has 1 saturated heterocycles. The predicted octanol–water partition coefficient (Wildman–Crippen LogP) is 1.95. The van der Waals surface area contributed by atoms with E-state index in [0.29, 0.717) is 17.9 Å². The van der Waals surface area contributed by atoms with E-state index >= 15 is 0 Å². The molecule has 1 fully saturated rings. The number of nitrogens with zero attached hydrogens (tertiary/aromatic N) is 1. The van der Waals surface area contributed by atoms with Gasteiger partial charge in [0.2, 0.25) is 5.91 Å². The highest BCUT2D eigenvalue weighted by Gasteiger charge is 2.15. The van der Waals surface area contributed by atoms with Crippen LogP contribution in [0, 0.1) is 0 Å². The van der Waals surface area contributed by atoms with Gasteiger partial charge in [-0.15, -0.1) is 0 Å². The molecule has 2 heterocycles. The molecule has 0 bridgehead atoms. The first kappa shape index (κ1) is 12.8. The maximum absolute atomic E-state index is 11.7. The molecule has 3 N–H and O–H groups in total. The molecule has 98 valence electrons. The molecule has 5 nitrogen and oxygen atoms in total. The Labute approximate surface area is 107 Å². The summed E-state index contributed by atoms with van der Waals surface area (Å²) >= 11 is 0. The molecule has 0 spiro atoms. The SMILES string of the molecule is Nc1ccc(NC(=O)CCC2CCCCO2)cn1. The number of anilines is 2. The van der Waals surface area contributed by atoms with Gasteiger partial charge in [0.1, 0.15) is 5.82 Å². The zero-order valence-electron chi connectivity index (χ0n) is 10.4. The van der Waals surface area contributed by atoms with Crippen LogP contribution in [0.2, 0.25) is 0 Å². The average Bonchev–Trinajstić information content (AvgIpc) is 2.40. The third-order valence-electron chi connectivity index (χ3n) is 3.04. The van der Waals surface area contributed by atoms with Gasteiger partial charge >= 0.3 is 0 Å². The second-order valence-corrected chi connectivity index (χ2v) is 4.55. The van der Waals surface area contributed by atoms with Gasteiger partial charge in [-0.1, -0.05) is 0 Å². The van der Waals surface area contributed by atoms with Crippen molar-refractivity contribution in [2.75, 3.05) is 17.7 Å². The maximum Gasteiger partial charge on any atom is 0.224 e. The molecule has 18 heavy (non-hydrogen) atoms. The standard InChI is InChI=1S/C13H19N3O2/c14-12-6-4-10(9-15-12)16-13(17)7-5-11-3-1-2-8-18-11/h4,6,9,11H,1-3,5,7-8H2,(H2,14,15)(H,16,17). The monoisotopic (exact) mass is 249 g/mol. The summed E-state index contributed by atoms with van der Waals surface area (Å²) in [5.41, 5.74) is 6.15. The molecule has 0 aliphatic carbocycles. The lowest BCUT2D eigenvalue weighted by atomic mass is 10.0. The Morgan fingerprint density at radius 3 is 3.06 bits per heavy atom. The Morgan fingerprint density at radius 1 is 1.50 bits per heavy atom. The van der Waals surface area contributed by atoms with E-state index in [1.165, 1.54) is 6.42 Å². The van der Waals surface area contributed by atoms with E-state index < -0.39 is 0 Å². The van der Waals surface area contributed by atoms with Crippen LogP contribution in [0.25, 0.3) is 0 Å². The zero-order valence-corrected chi connectivity index (χ0v) is 10.4. The van der Waals surface area contributed by atoms with Crippen molar-refractivity contribution in [2.24, 2.45) is 0 Å². The summed E-state index contributed by atoms with van der Waals surface area (Å²) in [6, 6.07) is 3.41. The fraction of sp³-hybridized carbons (Fsp3) is 0.538. The second-order valence-electron chi connectivity index (χ2n) is 4.55. The van der Waals surface area contributed by atoms with E-state index in [0.717, 1.165) is 25.9 Å². The first-order chi connectivity index (χ1) is 8.74. The molecule has 1 aliphatic rings. The van der Waals surface area contributed by atoms with Crippen molar-refractivity contribution in [3.05, 3.63) is 18.3 Å². The Hall–Kier alpha value is -1.62. The second kappa shape index (κ2) is 6.35. The third kappa shape index (κ3) is 4.00. The molecule has 1 aromatic heterocycles. The van der Waals surface area contributed by atoms with E-state index in [-0.39, 0.29) is 12.0 Å². The number of nitrogens with two attached hydrogens (primary N) is 1. The fourth-order valence-corrected chi connectivity index (χ4v) is 2.03. The van der Waals surface area contributed by atoms with Gasteiger partial charge in [0.15, 0.2) is 0 Å². The lowest BCUT2D eigenvalue weighted by Gasteiger charge is -2.22. The van der Waals surface area contributed by atoms with Crippen LogP contribution in [0.15, 0.2) is 18.3 Å². The summed E-state index contributed by atoms with van der Waals surface area (Å²) in [7, 11) is 0. The van der Waals surface area contributed by atoms with Gasteiger partial charge in [0, 0.05) is 13.0 Å². The van der Waals surface area contributed by atoms with Crippen LogP contribution in [0.3, 0.4) is 0 Å². The van der Waals surface area contributed by atoms with E-state index in [1.54, 1.807) is 18.3 Å². The Morgan fingerprint density at radius 2 is 2.39 bits per heavy atom. The van der Waals surface area contributed by atoms with E-state index in [2.05, 4.69) is 10.3 Å². The van der Waals surface area contributed by atoms with Crippen LogP contribution in [0.5, 0.6) is 0 Å². The number of nitrogens with one attached hydrogen (secondary N) is 1. The number of carbonyl (C=O) groups excluding carboxylic acids is 1. The number of nitrogen functional groups attached to an aromatic ring is 1. The first-order valence-electron chi connectivity index (χ1n) is 6.37. The highest BCUT2D eigenvalue weighted by atomic mass is 16.5. The molecule has 0 saturated carbocycles. The van der Waals surface area contributed by atoms with Crippen LogP contribution in [0.4, 0.5) is 11.5 Å². The molecule has 0 radical (unpaired) electrons. The quantitative estimate of drug-likeness (QED) is 0.855. The Kier molecular flexibility index (Phi) is 4.52. The number of amides is 1. The van der Waals surface area contributed by atoms with Gasteiger partial charge in [-0.3, -0.25) is 4.79 Å². The molecular formula is C13H19N3O2. The minimum Gasteiger partial charge on any atom is -0.384 e. The van der Waals surface area contributed by atoms with Crippen molar-refractivity contribution in [1.29, 1.82) is 0 Å². The third-order valence-corrected chi connectivity index (χ3v) is 3.04. The van der Waals surface area contributed by atoms with Crippen LogP contribution in [-0.4, -0.2) is 23.6 Å². The summed E-state index contributed by atoms with van der Waals surface area (Å²) in [5, 5.41) is 2.80. The van der Waals surface area contributed by atoms with Gasteiger partial charge < -0.3 is 15.8 Å². The van der Waals surface area contributed by atoms with E-state index in [9.17, 15) is 4.79 Å². The van der Waals surface area contributed by atoms with Gasteiger partial charge in [-0.05, 0) is 37.8 Å². The minimum absolute atomic E-state index is 0.00394. The van der Waals surface area contributed by atoms with Crippen molar-refractivity contribution in [3.63, 3.8) is 0 Å². The molecule has 1 atom stereocenters. The van der Waals surface area contributed by atoms with Gasteiger partial charge in [-0.2, -0.15) is 0 Å². The molecule has 1 aliphatic heterocycles. The van der Waals surface area contributed by atoms with Crippen LogP contribution >= 0.6 is 0 Å². The van der Waals surface area contributed by atoms with E-state index in [4.69, 9.17) is 10.5 Å². The highest BCUT2D eigenvalue weighted by Crippen LogP contribution is 2.17. The van der Waals surface area contributed by atoms with Crippen molar-refractivity contribution in [2.45, 2.75) is 38.2 Å². The van der Waals surface area contributed by atoms with Crippen molar-refractivity contribution in [1.82, 2.24) is 4.98 Å². The summed E-state index contributed by atoms with van der Waals surface area (Å²) < 4.78 is 5.59. The molecule has 1 aromatic rings. The number of rotatable bonds is 4. The summed E-state index contributed by atoms with van der Waals surface area (Å²) in [6.45, 7) is 0.828. The summed E-state index contributed by atoms with van der Waals surface area (Å²) in [6.07, 6.45) is 6.48. The molecule has 2 rings (SSSR count). The number of ether oxygens (including phenoxy) is 1. The smallest absolute Gasteiger partial charge is 0.224 e. The zero-order chi connectivity index (χ0) is 12.8. The lowest BCUT2D eigenvalue weighted by molar-refractivity contribution is -0.117. The van der Waals surface area contributed by atoms with E-state index in [1.807, 2.05) is 0 Å². The van der Waals surface area contributed by atoms with Crippen LogP contribution in [-0.2, 0) is 9.53 Å². The van der Waals surface area contributed by atoms with Gasteiger partial charge in [0.05, 0.1) is 18.0 Å². The fourth-order valence-electron chi connectivity index (χ4n) is 2.03. The topological polar surface area (TPSA) is 77.2 Å². The normalized spacial score (nSPS) is 19.4. The van der Waals surface area contributed by atoms with Gasteiger partial charge in [-0.25, -0.2) is 4.98 Å². The average molecular weight is 249 g/mol. The number of hydrogen-bond acceptors (Lipinski definition) is 4.